The Morgan fingerprint density at radius 1 is 0.542 bits per heavy atom. The van der Waals surface area contributed by atoms with Crippen molar-refractivity contribution in [2.24, 2.45) is 0 Å². The molecule has 6 heteroatoms. The zero-order valence-electron chi connectivity index (χ0n) is 33.0. The highest BCUT2D eigenvalue weighted by atomic mass is 32.1. The van der Waals surface area contributed by atoms with Crippen molar-refractivity contribution in [1.29, 1.82) is 0 Å². The van der Waals surface area contributed by atoms with Crippen molar-refractivity contribution in [1.82, 2.24) is 4.57 Å². The van der Waals surface area contributed by atoms with Gasteiger partial charge in [0.05, 0.1) is 11.0 Å². The molecule has 0 aliphatic carbocycles. The first kappa shape index (κ1) is 32.6. The molecule has 0 fully saturated rings. The standard InChI is InChI=1S/C53H35BN2OS2/c1-28-21-38-34-22-36-32-12-6-9-15-46(32)59-49(36)27-42(34)56(30-19-17-29(18-20-30)53(2,3)4)54-40-26-48-37(33-13-7-10-16-47(33)58-48)24-43(40)55-41-23-35-31-11-5-8-14-44(31)57-45(35)25-39(41)50(28)52(55)51(38)54/h5-27H,1-4H3. The number of furan rings is 1. The monoisotopic (exact) mass is 790 g/mol. The van der Waals surface area contributed by atoms with Crippen molar-refractivity contribution in [3.63, 3.8) is 0 Å². The van der Waals surface area contributed by atoms with Gasteiger partial charge in [0.15, 0.2) is 0 Å². The van der Waals surface area contributed by atoms with Gasteiger partial charge >= 0.3 is 6.85 Å². The van der Waals surface area contributed by atoms with Gasteiger partial charge in [-0.1, -0.05) is 93.6 Å². The zero-order chi connectivity index (χ0) is 39.1. The predicted molar refractivity (Wildman–Crippen MR) is 256 cm³/mol. The first-order chi connectivity index (χ1) is 28.8. The van der Waals surface area contributed by atoms with E-state index in [2.05, 4.69) is 177 Å². The molecule has 59 heavy (non-hydrogen) atoms. The van der Waals surface area contributed by atoms with E-state index in [0.717, 1.165) is 21.9 Å². The molecule has 12 aromatic rings. The molecule has 0 unspecified atom stereocenters. The van der Waals surface area contributed by atoms with Gasteiger partial charge in [-0.15, -0.1) is 22.7 Å². The Labute approximate surface area is 348 Å². The molecule has 0 radical (unpaired) electrons. The van der Waals surface area contributed by atoms with Crippen LogP contribution in [0.3, 0.4) is 0 Å². The average molecular weight is 791 g/mol. The van der Waals surface area contributed by atoms with Crippen molar-refractivity contribution < 1.29 is 4.42 Å². The summed E-state index contributed by atoms with van der Waals surface area (Å²) in [5, 5.41) is 10.1. The Morgan fingerprint density at radius 3 is 1.97 bits per heavy atom. The molecular formula is C53H35BN2OS2. The van der Waals surface area contributed by atoms with Crippen LogP contribution in [0.1, 0.15) is 31.9 Å². The second-order valence-corrected chi connectivity index (χ2v) is 19.9. The van der Waals surface area contributed by atoms with Crippen molar-refractivity contribution in [3.05, 3.63) is 151 Å². The van der Waals surface area contributed by atoms with Crippen LogP contribution in [0.5, 0.6) is 0 Å². The normalized spacial score (nSPS) is 13.7. The number of fused-ring (bicyclic) bond motifs is 17. The molecule has 0 bridgehead atoms. The van der Waals surface area contributed by atoms with E-state index in [0.29, 0.717) is 0 Å². The lowest BCUT2D eigenvalue weighted by Gasteiger charge is -2.42. The van der Waals surface area contributed by atoms with Gasteiger partial charge in [-0.3, -0.25) is 0 Å². The van der Waals surface area contributed by atoms with E-state index in [1.165, 1.54) is 112 Å². The van der Waals surface area contributed by atoms with Crippen molar-refractivity contribution in [2.45, 2.75) is 33.1 Å². The van der Waals surface area contributed by atoms with Gasteiger partial charge in [-0.25, -0.2) is 0 Å². The van der Waals surface area contributed by atoms with E-state index in [1.807, 2.05) is 22.7 Å². The van der Waals surface area contributed by atoms with Crippen LogP contribution in [0, 0.1) is 6.92 Å². The van der Waals surface area contributed by atoms with Crippen molar-refractivity contribution >= 4 is 136 Å². The summed E-state index contributed by atoms with van der Waals surface area (Å²) in [7, 11) is 0. The van der Waals surface area contributed by atoms with Crippen molar-refractivity contribution in [2.75, 3.05) is 4.81 Å². The second kappa shape index (κ2) is 11.0. The van der Waals surface area contributed by atoms with Crippen LogP contribution in [0.15, 0.2) is 144 Å². The van der Waals surface area contributed by atoms with E-state index in [9.17, 15) is 0 Å². The van der Waals surface area contributed by atoms with Gasteiger partial charge in [0, 0.05) is 84.5 Å². The molecule has 0 saturated carbocycles. The van der Waals surface area contributed by atoms with Crippen molar-refractivity contribution in [3.8, 4) is 16.8 Å². The molecule has 2 aliphatic heterocycles. The van der Waals surface area contributed by atoms with Gasteiger partial charge in [0.1, 0.15) is 11.2 Å². The highest BCUT2D eigenvalue weighted by Gasteiger charge is 2.45. The highest BCUT2D eigenvalue weighted by molar-refractivity contribution is 7.26. The Bertz CT molecular complexity index is 3850. The Kier molecular flexibility index (Phi) is 6.09. The third-order valence-corrected chi connectivity index (χ3v) is 15.7. The first-order valence-electron chi connectivity index (χ1n) is 20.5. The van der Waals surface area contributed by atoms with Crippen LogP contribution in [0.4, 0.5) is 11.4 Å². The lowest BCUT2D eigenvalue weighted by molar-refractivity contribution is 0.590. The summed E-state index contributed by atoms with van der Waals surface area (Å²) >= 11 is 3.81. The van der Waals surface area contributed by atoms with Gasteiger partial charge in [0.2, 0.25) is 0 Å². The smallest absolute Gasteiger partial charge is 0.333 e. The maximum absolute atomic E-state index is 6.59. The molecule has 0 spiro atoms. The number of aryl methyl sites for hydroxylation is 1. The molecular weight excluding hydrogens is 756 g/mol. The third-order valence-electron chi connectivity index (χ3n) is 13.4. The first-order valence-corrected chi connectivity index (χ1v) is 22.2. The fourth-order valence-electron chi connectivity index (χ4n) is 10.7. The van der Waals surface area contributed by atoms with Gasteiger partial charge in [0.25, 0.3) is 0 Å². The van der Waals surface area contributed by atoms with Gasteiger partial charge in [-0.2, -0.15) is 0 Å². The average Bonchev–Trinajstić information content (AvgIpc) is 3.99. The number of nitrogens with zero attached hydrogens (tertiary/aromatic N) is 2. The molecule has 14 rings (SSSR count). The van der Waals surface area contributed by atoms with Crippen LogP contribution in [-0.4, -0.2) is 11.4 Å². The van der Waals surface area contributed by atoms with E-state index in [-0.39, 0.29) is 12.3 Å². The Morgan fingerprint density at radius 2 is 1.22 bits per heavy atom. The number of benzene rings is 8. The molecule has 8 aromatic carbocycles. The van der Waals surface area contributed by atoms with E-state index >= 15 is 0 Å². The van der Waals surface area contributed by atoms with E-state index in [1.54, 1.807) is 0 Å². The van der Waals surface area contributed by atoms with Crippen LogP contribution in [0.25, 0.3) is 101 Å². The van der Waals surface area contributed by atoms with E-state index < -0.39 is 0 Å². The summed E-state index contributed by atoms with van der Waals surface area (Å²) < 4.78 is 14.5. The minimum Gasteiger partial charge on any atom is -0.456 e. The predicted octanol–water partition coefficient (Wildman–Crippen LogP) is 14.3. The molecule has 2 aliphatic rings. The lowest BCUT2D eigenvalue weighted by Crippen LogP contribution is -2.60. The van der Waals surface area contributed by atoms with Crippen LogP contribution >= 0.6 is 22.7 Å². The largest absolute Gasteiger partial charge is 0.456 e. The maximum atomic E-state index is 6.59. The Balaban J connectivity index is 1.19. The zero-order valence-corrected chi connectivity index (χ0v) is 34.6. The molecule has 6 heterocycles. The topological polar surface area (TPSA) is 21.3 Å². The van der Waals surface area contributed by atoms with Gasteiger partial charge in [-0.05, 0) is 107 Å². The SMILES string of the molecule is Cc1cc2c3c4c1c1cc5oc6ccccc6c5cc1n4-c1cc4c(cc1B3N(c1ccc(C(C)(C)C)cc1)c1cc3sc5ccccc5c3cc1-2)sc1ccccc14. The molecule has 0 N–H and O–H groups in total. The fourth-order valence-corrected chi connectivity index (χ4v) is 13.0. The summed E-state index contributed by atoms with van der Waals surface area (Å²) in [5.41, 5.74) is 16.1. The minimum atomic E-state index is -0.0573. The molecule has 4 aromatic heterocycles. The quantitative estimate of drug-likeness (QED) is 0.154. The lowest BCUT2D eigenvalue weighted by atomic mass is 9.44. The van der Waals surface area contributed by atoms with Crippen LogP contribution < -0.4 is 15.7 Å². The number of anilines is 2. The molecule has 0 atom stereocenters. The highest BCUT2D eigenvalue weighted by Crippen LogP contribution is 2.50. The summed E-state index contributed by atoms with van der Waals surface area (Å²) in [6.07, 6.45) is 0. The molecule has 0 amide bonds. The number of para-hydroxylation sites is 1. The summed E-state index contributed by atoms with van der Waals surface area (Å²) in [6, 6.07) is 53.0. The van der Waals surface area contributed by atoms with Crippen LogP contribution in [0.2, 0.25) is 0 Å². The molecule has 0 saturated heterocycles. The summed E-state index contributed by atoms with van der Waals surface area (Å²) in [4.78, 5) is 2.68. The number of aromatic nitrogens is 1. The molecule has 278 valence electrons. The molecule has 3 nitrogen and oxygen atoms in total. The number of rotatable bonds is 1. The van der Waals surface area contributed by atoms with Gasteiger partial charge < -0.3 is 13.8 Å². The summed E-state index contributed by atoms with van der Waals surface area (Å²) in [6.45, 7) is 9.17. The van der Waals surface area contributed by atoms with E-state index in [4.69, 9.17) is 4.42 Å². The van der Waals surface area contributed by atoms with Crippen LogP contribution in [-0.2, 0) is 5.41 Å². The Hall–Kier alpha value is -6.34. The number of hydrogen-bond donors (Lipinski definition) is 0. The number of thiophene rings is 2. The summed E-state index contributed by atoms with van der Waals surface area (Å²) in [5.74, 6) is 0. The minimum absolute atomic E-state index is 0.0491. The number of hydrogen-bond acceptors (Lipinski definition) is 4. The third kappa shape index (κ3) is 4.18. The maximum Gasteiger partial charge on any atom is 0.333 e. The fraction of sp³-hybridized carbons (Fsp3) is 0.0943. The second-order valence-electron chi connectivity index (χ2n) is 17.7.